The number of carbonyl (C=O) groups excluding carboxylic acids is 3. The van der Waals surface area contributed by atoms with E-state index in [0.717, 1.165) is 64.6 Å². The third-order valence-corrected chi connectivity index (χ3v) is 14.8. The van der Waals surface area contributed by atoms with E-state index >= 15 is 0 Å². The molecule has 3 N–H and O–H groups in total. The van der Waals surface area contributed by atoms with Gasteiger partial charge in [-0.3, -0.25) is 19.7 Å². The van der Waals surface area contributed by atoms with Crippen molar-refractivity contribution in [2.75, 3.05) is 26.7 Å². The highest BCUT2D eigenvalue weighted by Gasteiger charge is 2.71. The minimum absolute atomic E-state index is 0.0805. The van der Waals surface area contributed by atoms with E-state index in [1.165, 1.54) is 19.3 Å². The maximum atomic E-state index is 14.4. The Morgan fingerprint density at radius 3 is 2.36 bits per heavy atom. The Labute approximate surface area is 264 Å². The van der Waals surface area contributed by atoms with Gasteiger partial charge in [0.2, 0.25) is 11.8 Å². The van der Waals surface area contributed by atoms with Gasteiger partial charge < -0.3 is 20.3 Å². The van der Waals surface area contributed by atoms with Gasteiger partial charge in [0.15, 0.2) is 0 Å². The predicted molar refractivity (Wildman–Crippen MR) is 169 cm³/mol. The molecule has 2 amide bonds. The lowest BCUT2D eigenvalue weighted by Crippen LogP contribution is -2.60. The zero-order valence-corrected chi connectivity index (χ0v) is 28.0. The van der Waals surface area contributed by atoms with Crippen molar-refractivity contribution in [3.8, 4) is 0 Å². The zero-order chi connectivity index (χ0) is 31.0. The van der Waals surface area contributed by atoms with Crippen molar-refractivity contribution in [1.29, 1.82) is 0 Å². The molecule has 8 nitrogen and oxygen atoms in total. The van der Waals surface area contributed by atoms with Crippen LogP contribution in [0.15, 0.2) is 0 Å². The van der Waals surface area contributed by atoms with E-state index < -0.39 is 0 Å². The number of fused-ring (bicyclic) bond motifs is 7. The van der Waals surface area contributed by atoms with Crippen LogP contribution in [0.2, 0.25) is 0 Å². The number of hydrogen-bond acceptors (Lipinski definition) is 6. The fourth-order valence-electron chi connectivity index (χ4n) is 12.1. The number of rotatable bonds is 4. The lowest BCUT2D eigenvalue weighted by molar-refractivity contribution is -0.160. The van der Waals surface area contributed by atoms with E-state index in [2.05, 4.69) is 55.6 Å². The smallest absolute Gasteiger partial charge is 0.229 e. The summed E-state index contributed by atoms with van der Waals surface area (Å²) < 4.78 is 6.98. The van der Waals surface area contributed by atoms with Crippen LogP contribution in [-0.4, -0.2) is 73.1 Å². The number of carbonyl (C=O) groups is 3. The Morgan fingerprint density at radius 1 is 0.932 bits per heavy atom. The van der Waals surface area contributed by atoms with Crippen LogP contribution in [0.5, 0.6) is 0 Å². The van der Waals surface area contributed by atoms with Crippen molar-refractivity contribution in [1.82, 2.24) is 20.9 Å². The molecule has 7 rings (SSSR count). The Kier molecular flexibility index (Phi) is 8.01. The molecule has 0 bridgehead atoms. The van der Waals surface area contributed by atoms with Gasteiger partial charge >= 0.3 is 0 Å². The summed E-state index contributed by atoms with van der Waals surface area (Å²) in [5, 5.41) is 10.1. The second-order valence-corrected chi connectivity index (χ2v) is 17.0. The van der Waals surface area contributed by atoms with E-state index in [4.69, 9.17) is 4.74 Å². The molecule has 0 radical (unpaired) electrons. The number of amides is 2. The van der Waals surface area contributed by atoms with Crippen molar-refractivity contribution in [2.45, 2.75) is 129 Å². The van der Waals surface area contributed by atoms with Gasteiger partial charge in [-0.25, -0.2) is 0 Å². The van der Waals surface area contributed by atoms with Crippen molar-refractivity contribution in [3.05, 3.63) is 0 Å². The van der Waals surface area contributed by atoms with Crippen LogP contribution in [0.1, 0.15) is 105 Å². The van der Waals surface area contributed by atoms with Gasteiger partial charge in [0.25, 0.3) is 0 Å². The molecular formula is C36H58N4O4. The van der Waals surface area contributed by atoms with Gasteiger partial charge in [-0.05, 0) is 119 Å². The zero-order valence-electron chi connectivity index (χ0n) is 28.0. The first-order valence-electron chi connectivity index (χ1n) is 18.2. The second kappa shape index (κ2) is 11.3. The van der Waals surface area contributed by atoms with Crippen LogP contribution in [0, 0.1) is 52.3 Å². The van der Waals surface area contributed by atoms with E-state index in [-0.39, 0.29) is 53.0 Å². The molecule has 0 aromatic heterocycles. The molecule has 4 saturated carbocycles. The van der Waals surface area contributed by atoms with Gasteiger partial charge in [0, 0.05) is 42.3 Å². The van der Waals surface area contributed by atoms with Crippen molar-refractivity contribution in [2.24, 2.45) is 52.3 Å². The normalized spacial score (nSPS) is 49.1. The van der Waals surface area contributed by atoms with Crippen LogP contribution in [0.25, 0.3) is 0 Å². The third kappa shape index (κ3) is 4.99. The summed E-state index contributed by atoms with van der Waals surface area (Å²) in [5.41, 5.74) is -0.381. The summed E-state index contributed by atoms with van der Waals surface area (Å²) in [6, 6.07) is 0.306. The molecule has 3 saturated heterocycles. The lowest BCUT2D eigenvalue weighted by atomic mass is 9.44. The molecule has 3 heterocycles. The van der Waals surface area contributed by atoms with E-state index in [9.17, 15) is 14.4 Å². The molecule has 246 valence electrons. The van der Waals surface area contributed by atoms with Crippen LogP contribution in [0.3, 0.4) is 0 Å². The topological polar surface area (TPSA) is 99.8 Å². The molecule has 4 aliphatic carbocycles. The molecule has 1 spiro atoms. The van der Waals surface area contributed by atoms with E-state index in [1.54, 1.807) is 0 Å². The summed E-state index contributed by atoms with van der Waals surface area (Å²) in [5.74, 6) is 3.51. The molecule has 0 aromatic carbocycles. The minimum Gasteiger partial charge on any atom is -0.357 e. The summed E-state index contributed by atoms with van der Waals surface area (Å²) in [4.78, 5) is 42.1. The fourth-order valence-corrected chi connectivity index (χ4v) is 12.1. The SMILES string of the molecule is C[C@@H]1CC[C@@]2(NC1)O[C@H]1C[C@H]3[C@@H]4CC[C@H]5C[C@H](NC(=O)CC(=O)NC6CCN(C)CC6)CC[C@]5(C)[C@H]4CC(=O)[C@]3(C)[C@H]1[C@@H]2C. The van der Waals surface area contributed by atoms with E-state index in [1.807, 2.05) is 0 Å². The average Bonchev–Trinajstić information content (AvgIpc) is 3.43. The molecule has 7 fully saturated rings. The minimum atomic E-state index is -0.276. The first kappa shape index (κ1) is 31.1. The van der Waals surface area contributed by atoms with Crippen LogP contribution in [0.4, 0.5) is 0 Å². The van der Waals surface area contributed by atoms with Gasteiger partial charge in [0.1, 0.15) is 17.9 Å². The number of Topliss-reactive ketones (excluding diaryl/α,β-unsaturated/α-hetero) is 1. The largest absolute Gasteiger partial charge is 0.357 e. The van der Waals surface area contributed by atoms with Crippen molar-refractivity contribution in [3.63, 3.8) is 0 Å². The molecule has 12 atom stereocenters. The quantitative estimate of drug-likeness (QED) is 0.412. The molecule has 7 aliphatic rings. The standard InChI is InChI=1S/C36H58N4O4/c1-21-8-13-36(37-20-21)22(2)33-29(44-36)17-28-26-7-6-23-16-25(9-12-34(23,3)27(26)18-30(41)35(28,33)4)39-32(43)19-31(42)38-24-10-14-40(5)15-11-24/h21-29,33,37H,6-20H2,1-5H3,(H,38,42)(H,39,43)/t21-,22+,23+,25-,26-,27+,28+,29+,33+,34+,35-,36-/m1/s1. The van der Waals surface area contributed by atoms with Crippen LogP contribution in [-0.2, 0) is 19.1 Å². The lowest BCUT2D eigenvalue weighted by Gasteiger charge is -2.60. The molecule has 0 aromatic rings. The Morgan fingerprint density at radius 2 is 1.66 bits per heavy atom. The maximum Gasteiger partial charge on any atom is 0.229 e. The number of likely N-dealkylation sites (tertiary alicyclic amines) is 1. The molecule has 3 aliphatic heterocycles. The Balaban J connectivity index is 0.973. The fraction of sp³-hybridized carbons (Fsp3) is 0.917. The molecular weight excluding hydrogens is 552 g/mol. The average molecular weight is 611 g/mol. The molecule has 8 heteroatoms. The summed E-state index contributed by atoms with van der Waals surface area (Å²) in [6.07, 6.45) is 11.3. The highest BCUT2D eigenvalue weighted by atomic mass is 16.5. The van der Waals surface area contributed by atoms with Crippen molar-refractivity contribution < 1.29 is 19.1 Å². The highest BCUT2D eigenvalue weighted by molar-refractivity contribution is 5.97. The highest BCUT2D eigenvalue weighted by Crippen LogP contribution is 2.70. The summed E-state index contributed by atoms with van der Waals surface area (Å²) in [7, 11) is 2.11. The molecule has 0 unspecified atom stereocenters. The van der Waals surface area contributed by atoms with Gasteiger partial charge in [-0.1, -0.05) is 27.7 Å². The summed E-state index contributed by atoms with van der Waals surface area (Å²) in [6.45, 7) is 12.5. The van der Waals surface area contributed by atoms with Crippen LogP contribution >= 0.6 is 0 Å². The Bertz CT molecular complexity index is 1140. The number of ether oxygens (including phenoxy) is 1. The third-order valence-electron chi connectivity index (χ3n) is 14.8. The van der Waals surface area contributed by atoms with Crippen molar-refractivity contribution >= 4 is 17.6 Å². The Hall–Kier alpha value is -1.51. The first-order valence-corrected chi connectivity index (χ1v) is 18.2. The van der Waals surface area contributed by atoms with Gasteiger partial charge in [0.05, 0.1) is 6.10 Å². The number of hydrogen-bond donors (Lipinski definition) is 3. The number of nitrogens with one attached hydrogen (secondary N) is 3. The molecule has 44 heavy (non-hydrogen) atoms. The number of ketones is 1. The van der Waals surface area contributed by atoms with Gasteiger partial charge in [-0.2, -0.15) is 0 Å². The number of piperidine rings is 2. The van der Waals surface area contributed by atoms with Gasteiger partial charge in [-0.15, -0.1) is 0 Å². The maximum absolute atomic E-state index is 14.4. The summed E-state index contributed by atoms with van der Waals surface area (Å²) >= 11 is 0. The number of nitrogens with zero attached hydrogens (tertiary/aromatic N) is 1. The predicted octanol–water partition coefficient (Wildman–Crippen LogP) is 4.27. The van der Waals surface area contributed by atoms with Crippen LogP contribution < -0.4 is 16.0 Å². The van der Waals surface area contributed by atoms with E-state index in [0.29, 0.717) is 53.6 Å². The monoisotopic (exact) mass is 610 g/mol. The second-order valence-electron chi connectivity index (χ2n) is 17.0. The first-order chi connectivity index (χ1) is 20.9.